The van der Waals surface area contributed by atoms with Gasteiger partial charge in [-0.2, -0.15) is 0 Å². The van der Waals surface area contributed by atoms with Gasteiger partial charge in [0.1, 0.15) is 5.82 Å². The van der Waals surface area contributed by atoms with Gasteiger partial charge >= 0.3 is 0 Å². The zero-order valence-corrected chi connectivity index (χ0v) is 9.78. The van der Waals surface area contributed by atoms with Crippen LogP contribution in [0.25, 0.3) is 11.1 Å². The van der Waals surface area contributed by atoms with E-state index in [1.54, 1.807) is 12.3 Å². The molecular formula is C15H14FN. The van der Waals surface area contributed by atoms with E-state index in [0.29, 0.717) is 11.5 Å². The number of aromatic nitrogens is 1. The molecule has 0 amide bonds. The highest BCUT2D eigenvalue weighted by molar-refractivity contribution is 5.63. The zero-order chi connectivity index (χ0) is 11.8. The second kappa shape index (κ2) is 3.95. The molecule has 17 heavy (non-hydrogen) atoms. The van der Waals surface area contributed by atoms with Crippen LogP contribution in [-0.4, -0.2) is 4.98 Å². The molecule has 0 unspecified atom stereocenters. The van der Waals surface area contributed by atoms with Crippen molar-refractivity contribution in [1.82, 2.24) is 4.98 Å². The average Bonchev–Trinajstić information content (AvgIpc) is 3.13. The second-order valence-corrected chi connectivity index (χ2v) is 4.73. The highest BCUT2D eigenvalue weighted by atomic mass is 19.1. The lowest BCUT2D eigenvalue weighted by atomic mass is 10.0. The molecule has 0 bridgehead atoms. The molecule has 86 valence electrons. The van der Waals surface area contributed by atoms with Crippen molar-refractivity contribution in [2.75, 3.05) is 0 Å². The van der Waals surface area contributed by atoms with Gasteiger partial charge < -0.3 is 0 Å². The van der Waals surface area contributed by atoms with E-state index >= 15 is 0 Å². The zero-order valence-electron chi connectivity index (χ0n) is 9.78. The van der Waals surface area contributed by atoms with Gasteiger partial charge in [0, 0.05) is 28.9 Å². The summed E-state index contributed by atoms with van der Waals surface area (Å²) in [4.78, 5) is 4.41. The first-order valence-corrected chi connectivity index (χ1v) is 5.96. The molecule has 0 saturated heterocycles. The molecule has 0 aliphatic heterocycles. The Morgan fingerprint density at radius 1 is 1.18 bits per heavy atom. The van der Waals surface area contributed by atoms with E-state index in [4.69, 9.17) is 0 Å². The summed E-state index contributed by atoms with van der Waals surface area (Å²) in [7, 11) is 0. The number of hydrogen-bond acceptors (Lipinski definition) is 1. The summed E-state index contributed by atoms with van der Waals surface area (Å²) in [6.45, 7) is 1.89. The van der Waals surface area contributed by atoms with Crippen molar-refractivity contribution < 1.29 is 4.39 Å². The fourth-order valence-corrected chi connectivity index (χ4v) is 2.04. The van der Waals surface area contributed by atoms with Gasteiger partial charge in [0.25, 0.3) is 0 Å². The third-order valence-electron chi connectivity index (χ3n) is 3.22. The van der Waals surface area contributed by atoms with Crippen LogP contribution >= 0.6 is 0 Å². The van der Waals surface area contributed by atoms with Gasteiger partial charge in [0.2, 0.25) is 0 Å². The van der Waals surface area contributed by atoms with E-state index in [2.05, 4.69) is 4.98 Å². The van der Waals surface area contributed by atoms with Crippen molar-refractivity contribution >= 4 is 0 Å². The number of halogens is 1. The second-order valence-electron chi connectivity index (χ2n) is 4.73. The molecule has 1 aromatic heterocycles. The minimum atomic E-state index is -0.175. The summed E-state index contributed by atoms with van der Waals surface area (Å²) >= 11 is 0. The molecule has 0 radical (unpaired) electrons. The molecule has 0 spiro atoms. The molecule has 1 aromatic carbocycles. The largest absolute Gasteiger partial charge is 0.260 e. The first-order chi connectivity index (χ1) is 8.24. The van der Waals surface area contributed by atoms with Crippen LogP contribution in [0.2, 0.25) is 0 Å². The standard InChI is InChI=1S/C15H14FN/c1-10-2-6-13(14(16)8-10)12-5-7-15(17-9-12)11-3-4-11/h2,5-9,11H,3-4H2,1H3. The summed E-state index contributed by atoms with van der Waals surface area (Å²) in [6.07, 6.45) is 4.26. The van der Waals surface area contributed by atoms with Gasteiger partial charge in [0.15, 0.2) is 0 Å². The summed E-state index contributed by atoms with van der Waals surface area (Å²) in [6, 6.07) is 9.29. The first kappa shape index (κ1) is 10.5. The number of nitrogens with zero attached hydrogens (tertiary/aromatic N) is 1. The van der Waals surface area contributed by atoms with Gasteiger partial charge in [0.05, 0.1) is 0 Å². The molecule has 1 fully saturated rings. The summed E-state index contributed by atoms with van der Waals surface area (Å²) in [5.74, 6) is 0.470. The summed E-state index contributed by atoms with van der Waals surface area (Å²) in [5, 5.41) is 0. The number of rotatable bonds is 2. The average molecular weight is 227 g/mol. The third-order valence-corrected chi connectivity index (χ3v) is 3.22. The Morgan fingerprint density at radius 3 is 2.59 bits per heavy atom. The van der Waals surface area contributed by atoms with Crippen LogP contribution in [0.3, 0.4) is 0 Å². The van der Waals surface area contributed by atoms with E-state index in [1.807, 2.05) is 31.2 Å². The maximum atomic E-state index is 13.8. The van der Waals surface area contributed by atoms with E-state index in [0.717, 1.165) is 16.8 Å². The Bertz CT molecular complexity index is 541. The van der Waals surface area contributed by atoms with Crippen molar-refractivity contribution in [2.24, 2.45) is 0 Å². The van der Waals surface area contributed by atoms with Gasteiger partial charge in [-0.25, -0.2) is 4.39 Å². The molecule has 0 N–H and O–H groups in total. The SMILES string of the molecule is Cc1ccc(-c2ccc(C3CC3)nc2)c(F)c1. The van der Waals surface area contributed by atoms with Gasteiger partial charge in [-0.15, -0.1) is 0 Å². The predicted molar refractivity (Wildman–Crippen MR) is 66.3 cm³/mol. The smallest absolute Gasteiger partial charge is 0.131 e. The van der Waals surface area contributed by atoms with E-state index in [-0.39, 0.29) is 5.82 Å². The van der Waals surface area contributed by atoms with Crippen LogP contribution in [0.4, 0.5) is 4.39 Å². The molecule has 2 heteroatoms. The van der Waals surface area contributed by atoms with Crippen molar-refractivity contribution in [3.63, 3.8) is 0 Å². The molecule has 3 rings (SSSR count). The number of aryl methyl sites for hydroxylation is 1. The maximum Gasteiger partial charge on any atom is 0.131 e. The highest BCUT2D eigenvalue weighted by Gasteiger charge is 2.24. The monoisotopic (exact) mass is 227 g/mol. The minimum absolute atomic E-state index is 0.175. The van der Waals surface area contributed by atoms with Crippen LogP contribution in [-0.2, 0) is 0 Å². The Labute approximate surface area is 100 Å². The van der Waals surface area contributed by atoms with E-state index in [1.165, 1.54) is 12.8 Å². The lowest BCUT2D eigenvalue weighted by molar-refractivity contribution is 0.630. The molecule has 1 aliphatic rings. The quantitative estimate of drug-likeness (QED) is 0.753. The number of benzene rings is 1. The van der Waals surface area contributed by atoms with Gasteiger partial charge in [-0.3, -0.25) is 4.98 Å². The van der Waals surface area contributed by atoms with E-state index < -0.39 is 0 Å². The third kappa shape index (κ3) is 2.07. The lowest BCUT2D eigenvalue weighted by Crippen LogP contribution is -1.89. The van der Waals surface area contributed by atoms with Crippen molar-refractivity contribution in [1.29, 1.82) is 0 Å². The van der Waals surface area contributed by atoms with Gasteiger partial charge in [-0.05, 0) is 37.5 Å². The van der Waals surface area contributed by atoms with Crippen molar-refractivity contribution in [3.05, 3.63) is 53.6 Å². The number of hydrogen-bond donors (Lipinski definition) is 0. The molecule has 1 saturated carbocycles. The topological polar surface area (TPSA) is 12.9 Å². The highest BCUT2D eigenvalue weighted by Crippen LogP contribution is 2.39. The van der Waals surface area contributed by atoms with Crippen LogP contribution in [0, 0.1) is 12.7 Å². The Balaban J connectivity index is 1.97. The Morgan fingerprint density at radius 2 is 2.00 bits per heavy atom. The van der Waals surface area contributed by atoms with Crippen LogP contribution in [0.5, 0.6) is 0 Å². The lowest BCUT2D eigenvalue weighted by Gasteiger charge is -2.05. The first-order valence-electron chi connectivity index (χ1n) is 5.96. The minimum Gasteiger partial charge on any atom is -0.260 e. The molecule has 2 aromatic rings. The summed E-state index contributed by atoms with van der Waals surface area (Å²) in [5.41, 5.74) is 3.56. The van der Waals surface area contributed by atoms with Crippen LogP contribution < -0.4 is 0 Å². The normalized spacial score (nSPS) is 14.9. The molecule has 0 atom stereocenters. The van der Waals surface area contributed by atoms with Crippen molar-refractivity contribution in [3.8, 4) is 11.1 Å². The van der Waals surface area contributed by atoms with Crippen LogP contribution in [0.15, 0.2) is 36.5 Å². The number of pyridine rings is 1. The van der Waals surface area contributed by atoms with Crippen molar-refractivity contribution in [2.45, 2.75) is 25.7 Å². The fraction of sp³-hybridized carbons (Fsp3) is 0.267. The molecule has 1 nitrogen and oxygen atoms in total. The predicted octanol–water partition coefficient (Wildman–Crippen LogP) is 4.07. The van der Waals surface area contributed by atoms with Gasteiger partial charge in [-0.1, -0.05) is 18.2 Å². The molecule has 1 heterocycles. The molecule has 1 aliphatic carbocycles. The molecular weight excluding hydrogens is 213 g/mol. The maximum absolute atomic E-state index is 13.8. The Hall–Kier alpha value is -1.70. The fourth-order valence-electron chi connectivity index (χ4n) is 2.04. The van der Waals surface area contributed by atoms with Crippen LogP contribution in [0.1, 0.15) is 30.0 Å². The Kier molecular flexibility index (Phi) is 2.43. The van der Waals surface area contributed by atoms with E-state index in [9.17, 15) is 4.39 Å². The summed E-state index contributed by atoms with van der Waals surface area (Å²) < 4.78 is 13.8.